The van der Waals surface area contributed by atoms with Gasteiger partial charge in [0.2, 0.25) is 11.8 Å². The van der Waals surface area contributed by atoms with Gasteiger partial charge in [-0.2, -0.15) is 0 Å². The number of carbonyl (C=O) groups is 3. The number of nitrogens with zero attached hydrogens (tertiary/aromatic N) is 5. The van der Waals surface area contributed by atoms with Crippen molar-refractivity contribution < 1.29 is 14.4 Å². The Balaban J connectivity index is 1.40. The average molecular weight is 416 g/mol. The van der Waals surface area contributed by atoms with Gasteiger partial charge in [0, 0.05) is 29.8 Å². The van der Waals surface area contributed by atoms with Crippen molar-refractivity contribution in [2.24, 2.45) is 0 Å². The number of hydrogen-bond acceptors (Lipinski definition) is 6. The summed E-state index contributed by atoms with van der Waals surface area (Å²) in [5.74, 6) is -0.212. The summed E-state index contributed by atoms with van der Waals surface area (Å²) >= 11 is 0. The second kappa shape index (κ2) is 7.42. The first kappa shape index (κ1) is 19.1. The lowest BCUT2D eigenvalue weighted by atomic mass is 10.0. The van der Waals surface area contributed by atoms with Gasteiger partial charge in [0.15, 0.2) is 5.82 Å². The summed E-state index contributed by atoms with van der Waals surface area (Å²) in [4.78, 5) is 42.6. The van der Waals surface area contributed by atoms with E-state index >= 15 is 0 Å². The highest BCUT2D eigenvalue weighted by Gasteiger charge is 2.39. The predicted octanol–water partition coefficient (Wildman–Crippen LogP) is 1.65. The second-order valence-electron chi connectivity index (χ2n) is 7.66. The number of aryl methyl sites for hydroxylation is 1. The second-order valence-corrected chi connectivity index (χ2v) is 7.66. The van der Waals surface area contributed by atoms with Gasteiger partial charge in [0.25, 0.3) is 5.91 Å². The van der Waals surface area contributed by atoms with Crippen LogP contribution in [0.1, 0.15) is 41.4 Å². The summed E-state index contributed by atoms with van der Waals surface area (Å²) in [6.45, 7) is 2.37. The van der Waals surface area contributed by atoms with E-state index in [-0.39, 0.29) is 18.2 Å². The van der Waals surface area contributed by atoms with Gasteiger partial charge in [0.1, 0.15) is 11.7 Å². The monoisotopic (exact) mass is 416 g/mol. The fourth-order valence-electron chi connectivity index (χ4n) is 4.03. The summed E-state index contributed by atoms with van der Waals surface area (Å²) in [5.41, 5.74) is 3.86. The minimum Gasteiger partial charge on any atom is -0.322 e. The van der Waals surface area contributed by atoms with Crippen molar-refractivity contribution in [3.05, 3.63) is 59.4 Å². The van der Waals surface area contributed by atoms with Crippen LogP contribution in [0, 0.1) is 0 Å². The van der Waals surface area contributed by atoms with Crippen molar-refractivity contribution >= 4 is 17.7 Å². The zero-order chi connectivity index (χ0) is 21.5. The molecule has 1 unspecified atom stereocenters. The van der Waals surface area contributed by atoms with E-state index in [1.54, 1.807) is 16.9 Å². The van der Waals surface area contributed by atoms with Gasteiger partial charge >= 0.3 is 0 Å². The van der Waals surface area contributed by atoms with Gasteiger partial charge < -0.3 is 4.90 Å². The molecule has 1 atom stereocenters. The third-order valence-corrected chi connectivity index (χ3v) is 5.70. The molecule has 9 nitrogen and oxygen atoms in total. The van der Waals surface area contributed by atoms with Crippen LogP contribution in [-0.2, 0) is 22.6 Å². The zero-order valence-corrected chi connectivity index (χ0v) is 16.9. The minimum absolute atomic E-state index is 0.194. The van der Waals surface area contributed by atoms with Crippen LogP contribution in [-0.4, -0.2) is 48.6 Å². The van der Waals surface area contributed by atoms with Crippen molar-refractivity contribution in [2.75, 3.05) is 0 Å². The van der Waals surface area contributed by atoms with E-state index in [4.69, 9.17) is 0 Å². The first-order chi connectivity index (χ1) is 15.0. The molecule has 2 aliphatic heterocycles. The van der Waals surface area contributed by atoms with E-state index in [9.17, 15) is 14.4 Å². The van der Waals surface area contributed by atoms with Gasteiger partial charge in [-0.25, -0.2) is 9.67 Å². The Hall–Kier alpha value is -3.88. The Morgan fingerprint density at radius 2 is 2.03 bits per heavy atom. The van der Waals surface area contributed by atoms with Crippen molar-refractivity contribution in [1.29, 1.82) is 0 Å². The summed E-state index contributed by atoms with van der Waals surface area (Å²) in [5, 5.41) is 10.8. The zero-order valence-electron chi connectivity index (χ0n) is 16.9. The van der Waals surface area contributed by atoms with E-state index in [0.717, 1.165) is 23.2 Å². The van der Waals surface area contributed by atoms with Crippen molar-refractivity contribution in [1.82, 2.24) is 30.2 Å². The molecule has 0 spiro atoms. The highest BCUT2D eigenvalue weighted by atomic mass is 16.2. The summed E-state index contributed by atoms with van der Waals surface area (Å²) in [7, 11) is 0. The molecule has 1 aromatic carbocycles. The lowest BCUT2D eigenvalue weighted by Crippen LogP contribution is -2.52. The molecule has 9 heteroatoms. The van der Waals surface area contributed by atoms with Crippen molar-refractivity contribution in [2.45, 2.75) is 38.8 Å². The number of imide groups is 1. The molecule has 1 fully saturated rings. The number of benzene rings is 1. The average Bonchev–Trinajstić information content (AvgIpc) is 3.39. The molecule has 2 aliphatic rings. The summed E-state index contributed by atoms with van der Waals surface area (Å²) < 4.78 is 1.63. The molecule has 3 aromatic rings. The van der Waals surface area contributed by atoms with Gasteiger partial charge in [-0.15, -0.1) is 5.10 Å². The molecule has 5 rings (SSSR count). The van der Waals surface area contributed by atoms with Crippen LogP contribution in [0.15, 0.2) is 42.6 Å². The smallest absolute Gasteiger partial charge is 0.255 e. The number of carbonyl (C=O) groups excluding carboxylic acids is 3. The van der Waals surface area contributed by atoms with E-state index in [2.05, 4.69) is 20.6 Å². The molecule has 0 bridgehead atoms. The standard InChI is InChI=1S/C22H20N6O3/c1-2-15-4-3-5-19(23-15)28-12-17(25-26-28)13-6-7-16-14(10-13)11-27(22(16)31)18-8-9-20(29)24-21(18)30/h3-7,10,12,18H,2,8-9,11H2,1H3,(H,24,29,30). The molecule has 1 saturated heterocycles. The molecule has 2 aromatic heterocycles. The third-order valence-electron chi connectivity index (χ3n) is 5.70. The van der Waals surface area contributed by atoms with Crippen LogP contribution >= 0.6 is 0 Å². The van der Waals surface area contributed by atoms with Gasteiger partial charge in [-0.1, -0.05) is 24.3 Å². The van der Waals surface area contributed by atoms with Crippen LogP contribution < -0.4 is 5.32 Å². The molecule has 0 aliphatic carbocycles. The van der Waals surface area contributed by atoms with E-state index in [1.807, 2.05) is 37.3 Å². The van der Waals surface area contributed by atoms with Crippen molar-refractivity contribution in [3.63, 3.8) is 0 Å². The Bertz CT molecular complexity index is 1220. The molecule has 0 saturated carbocycles. The first-order valence-electron chi connectivity index (χ1n) is 10.2. The van der Waals surface area contributed by atoms with Gasteiger partial charge in [-0.3, -0.25) is 19.7 Å². The maximum atomic E-state index is 12.8. The molecule has 31 heavy (non-hydrogen) atoms. The number of nitrogens with one attached hydrogen (secondary N) is 1. The maximum Gasteiger partial charge on any atom is 0.255 e. The highest BCUT2D eigenvalue weighted by Crippen LogP contribution is 2.30. The lowest BCUT2D eigenvalue weighted by Gasteiger charge is -2.29. The number of rotatable bonds is 4. The molecule has 3 amide bonds. The molecule has 4 heterocycles. The van der Waals surface area contributed by atoms with Crippen LogP contribution in [0.5, 0.6) is 0 Å². The van der Waals surface area contributed by atoms with E-state index in [1.165, 1.54) is 4.90 Å². The predicted molar refractivity (Wildman–Crippen MR) is 110 cm³/mol. The largest absolute Gasteiger partial charge is 0.322 e. The Kier molecular flexibility index (Phi) is 4.58. The molecular formula is C22H20N6O3. The summed E-state index contributed by atoms with van der Waals surface area (Å²) in [6.07, 6.45) is 3.21. The fourth-order valence-corrected chi connectivity index (χ4v) is 4.03. The first-order valence-corrected chi connectivity index (χ1v) is 10.2. The fraction of sp³-hybridized carbons (Fsp3) is 0.273. The summed E-state index contributed by atoms with van der Waals surface area (Å²) in [6, 6.07) is 10.6. The quantitative estimate of drug-likeness (QED) is 0.648. The Labute approximate surface area is 178 Å². The van der Waals surface area contributed by atoms with Crippen LogP contribution in [0.3, 0.4) is 0 Å². The lowest BCUT2D eigenvalue weighted by molar-refractivity contribution is -0.136. The third kappa shape index (κ3) is 3.37. The van der Waals surface area contributed by atoms with Gasteiger partial charge in [0.05, 0.1) is 6.20 Å². The number of amides is 3. The number of fused-ring (bicyclic) bond motifs is 1. The van der Waals surface area contributed by atoms with E-state index in [0.29, 0.717) is 30.0 Å². The van der Waals surface area contributed by atoms with Crippen LogP contribution in [0.2, 0.25) is 0 Å². The van der Waals surface area contributed by atoms with E-state index < -0.39 is 11.9 Å². The molecule has 156 valence electrons. The van der Waals surface area contributed by atoms with Crippen LogP contribution in [0.4, 0.5) is 0 Å². The van der Waals surface area contributed by atoms with Gasteiger partial charge in [-0.05, 0) is 42.7 Å². The highest BCUT2D eigenvalue weighted by molar-refractivity contribution is 6.05. The van der Waals surface area contributed by atoms with Crippen molar-refractivity contribution in [3.8, 4) is 17.1 Å². The number of piperidine rings is 1. The molecule has 1 N–H and O–H groups in total. The Morgan fingerprint density at radius 1 is 1.16 bits per heavy atom. The minimum atomic E-state index is -0.626. The number of hydrogen-bond donors (Lipinski definition) is 1. The van der Waals surface area contributed by atoms with Crippen LogP contribution in [0.25, 0.3) is 17.1 Å². The SMILES string of the molecule is CCc1cccc(-n2cc(-c3ccc4c(c3)CN(C3CCC(=O)NC3=O)C4=O)nn2)n1. The Morgan fingerprint density at radius 3 is 2.84 bits per heavy atom. The molecular weight excluding hydrogens is 396 g/mol. The maximum absolute atomic E-state index is 12.8. The molecule has 0 radical (unpaired) electrons. The normalized spacial score (nSPS) is 18.3. The number of pyridine rings is 1. The topological polar surface area (TPSA) is 110 Å². The number of aromatic nitrogens is 4.